The third-order valence-electron chi connectivity index (χ3n) is 5.38. The van der Waals surface area contributed by atoms with Crippen LogP contribution < -0.4 is 15.0 Å². The van der Waals surface area contributed by atoms with Gasteiger partial charge in [-0.1, -0.05) is 31.2 Å². The molecule has 2 amide bonds. The zero-order valence-corrected chi connectivity index (χ0v) is 18.8. The zero-order chi connectivity index (χ0) is 24.2. The van der Waals surface area contributed by atoms with E-state index in [2.05, 4.69) is 5.32 Å². The Hall–Kier alpha value is -4.46. The van der Waals surface area contributed by atoms with Crippen LogP contribution in [0.4, 0.5) is 17.1 Å². The summed E-state index contributed by atoms with van der Waals surface area (Å²) in [6, 6.07) is 19.8. The molecule has 1 heterocycles. The molecule has 0 radical (unpaired) electrons. The number of imide groups is 1. The number of hydrogen-bond donors (Lipinski definition) is 1. The van der Waals surface area contributed by atoms with Crippen LogP contribution in [0.5, 0.6) is 5.75 Å². The maximum atomic E-state index is 13.5. The Morgan fingerprint density at radius 3 is 2.38 bits per heavy atom. The smallest absolute Gasteiger partial charge is 0.282 e. The zero-order valence-electron chi connectivity index (χ0n) is 18.8. The van der Waals surface area contributed by atoms with Crippen molar-refractivity contribution in [2.45, 2.75) is 20.3 Å². The maximum absolute atomic E-state index is 13.5. The van der Waals surface area contributed by atoms with Gasteiger partial charge < -0.3 is 10.1 Å². The van der Waals surface area contributed by atoms with Gasteiger partial charge in [0.25, 0.3) is 17.5 Å². The maximum Gasteiger partial charge on any atom is 0.282 e. The molecule has 3 aromatic carbocycles. The van der Waals surface area contributed by atoms with Crippen LogP contribution in [0.2, 0.25) is 0 Å². The number of carbonyl (C=O) groups excluding carboxylic acids is 2. The SMILES string of the molecule is CCCOc1cccc(NC2=C(c3ccc([N+](=O)[O-])cc3)C(=O)N(c3ccccc3C)C2=O)c1. The van der Waals surface area contributed by atoms with E-state index in [1.807, 2.05) is 32.0 Å². The van der Waals surface area contributed by atoms with Crippen molar-refractivity contribution in [1.29, 1.82) is 0 Å². The van der Waals surface area contributed by atoms with Gasteiger partial charge in [-0.2, -0.15) is 0 Å². The van der Waals surface area contributed by atoms with Gasteiger partial charge in [0.1, 0.15) is 11.4 Å². The molecular formula is C26H23N3O5. The first kappa shape index (κ1) is 22.7. The monoisotopic (exact) mass is 457 g/mol. The average molecular weight is 457 g/mol. The fraction of sp³-hybridized carbons (Fsp3) is 0.154. The van der Waals surface area contributed by atoms with Gasteiger partial charge in [0, 0.05) is 23.9 Å². The van der Waals surface area contributed by atoms with Crippen LogP contribution in [0.1, 0.15) is 24.5 Å². The van der Waals surface area contributed by atoms with Crippen LogP contribution in [0.15, 0.2) is 78.5 Å². The lowest BCUT2D eigenvalue weighted by atomic mass is 10.0. The molecule has 172 valence electrons. The van der Waals surface area contributed by atoms with Crippen LogP contribution >= 0.6 is 0 Å². The molecule has 34 heavy (non-hydrogen) atoms. The molecule has 1 aliphatic rings. The van der Waals surface area contributed by atoms with Crippen molar-refractivity contribution >= 4 is 34.4 Å². The molecule has 8 nitrogen and oxygen atoms in total. The Labute approximate surface area is 196 Å². The molecule has 0 aromatic heterocycles. The van der Waals surface area contributed by atoms with Crippen LogP contribution in [0.25, 0.3) is 5.57 Å². The molecule has 8 heteroatoms. The summed E-state index contributed by atoms with van der Waals surface area (Å²) >= 11 is 0. The topological polar surface area (TPSA) is 102 Å². The number of amides is 2. The quantitative estimate of drug-likeness (QED) is 0.287. The van der Waals surface area contributed by atoms with E-state index in [-0.39, 0.29) is 17.0 Å². The number of hydrogen-bond acceptors (Lipinski definition) is 6. The van der Waals surface area contributed by atoms with Crippen molar-refractivity contribution in [2.75, 3.05) is 16.8 Å². The highest BCUT2D eigenvalue weighted by Crippen LogP contribution is 2.35. The summed E-state index contributed by atoms with van der Waals surface area (Å²) in [5.41, 5.74) is 2.36. The van der Waals surface area contributed by atoms with Crippen molar-refractivity contribution in [2.24, 2.45) is 0 Å². The lowest BCUT2D eigenvalue weighted by Gasteiger charge is -2.17. The summed E-state index contributed by atoms with van der Waals surface area (Å²) in [7, 11) is 0. The molecule has 0 bridgehead atoms. The molecule has 4 rings (SSSR count). The number of nitro benzene ring substituents is 1. The van der Waals surface area contributed by atoms with Gasteiger partial charge >= 0.3 is 0 Å². The Balaban J connectivity index is 1.79. The lowest BCUT2D eigenvalue weighted by molar-refractivity contribution is -0.384. The van der Waals surface area contributed by atoms with E-state index in [1.54, 1.807) is 30.3 Å². The van der Waals surface area contributed by atoms with Crippen molar-refractivity contribution in [1.82, 2.24) is 0 Å². The number of carbonyl (C=O) groups is 2. The van der Waals surface area contributed by atoms with Crippen LogP contribution in [-0.2, 0) is 9.59 Å². The molecule has 0 saturated carbocycles. The minimum absolute atomic E-state index is 0.0924. The molecule has 0 fully saturated rings. The molecule has 0 aliphatic carbocycles. The summed E-state index contributed by atoms with van der Waals surface area (Å²) in [6.45, 7) is 4.38. The fourth-order valence-electron chi connectivity index (χ4n) is 3.72. The van der Waals surface area contributed by atoms with Gasteiger partial charge in [0.15, 0.2) is 0 Å². The molecule has 3 aromatic rings. The first-order valence-electron chi connectivity index (χ1n) is 10.8. The van der Waals surface area contributed by atoms with Crippen molar-refractivity contribution in [3.8, 4) is 5.75 Å². The number of benzene rings is 3. The van der Waals surface area contributed by atoms with Crippen molar-refractivity contribution in [3.05, 3.63) is 99.7 Å². The Morgan fingerprint density at radius 1 is 0.971 bits per heavy atom. The van der Waals surface area contributed by atoms with Gasteiger partial charge in [0.2, 0.25) is 0 Å². The summed E-state index contributed by atoms with van der Waals surface area (Å²) in [5, 5.41) is 14.2. The summed E-state index contributed by atoms with van der Waals surface area (Å²) in [6.07, 6.45) is 0.853. The standard InChI is InChI=1S/C26H23N3O5/c1-3-15-34-21-9-6-8-19(16-21)27-24-23(18-11-13-20(14-12-18)29(32)33)25(30)28(26(24)31)22-10-5-4-7-17(22)2/h4-14,16,27H,3,15H2,1-2H3. The van der Waals surface area contributed by atoms with E-state index in [1.165, 1.54) is 24.3 Å². The van der Waals surface area contributed by atoms with E-state index >= 15 is 0 Å². The van der Waals surface area contributed by atoms with E-state index < -0.39 is 16.7 Å². The number of aryl methyl sites for hydroxylation is 1. The predicted octanol–water partition coefficient (Wildman–Crippen LogP) is 5.09. The van der Waals surface area contributed by atoms with E-state index in [9.17, 15) is 19.7 Å². The molecule has 0 unspecified atom stereocenters. The Morgan fingerprint density at radius 2 is 1.71 bits per heavy atom. The molecule has 1 aliphatic heterocycles. The lowest BCUT2D eigenvalue weighted by Crippen LogP contribution is -2.33. The van der Waals surface area contributed by atoms with E-state index in [0.717, 1.165) is 16.9 Å². The van der Waals surface area contributed by atoms with Crippen LogP contribution in [0.3, 0.4) is 0 Å². The normalized spacial score (nSPS) is 13.4. The predicted molar refractivity (Wildman–Crippen MR) is 130 cm³/mol. The third-order valence-corrected chi connectivity index (χ3v) is 5.38. The summed E-state index contributed by atoms with van der Waals surface area (Å²) in [4.78, 5) is 38.8. The van der Waals surface area contributed by atoms with Crippen LogP contribution in [-0.4, -0.2) is 23.3 Å². The number of anilines is 2. The van der Waals surface area contributed by atoms with Gasteiger partial charge in [0.05, 0.1) is 22.8 Å². The number of nitro groups is 1. The second-order valence-electron chi connectivity index (χ2n) is 7.79. The Kier molecular flexibility index (Phi) is 6.40. The first-order chi connectivity index (χ1) is 16.4. The number of nitrogens with zero attached hydrogens (tertiary/aromatic N) is 2. The molecule has 1 N–H and O–H groups in total. The number of ether oxygens (including phenoxy) is 1. The van der Waals surface area contributed by atoms with Crippen LogP contribution in [0, 0.1) is 17.0 Å². The highest BCUT2D eigenvalue weighted by molar-refractivity contribution is 6.46. The van der Waals surface area contributed by atoms with Gasteiger partial charge in [-0.25, -0.2) is 4.90 Å². The number of nitrogens with one attached hydrogen (secondary N) is 1. The van der Waals surface area contributed by atoms with Crippen molar-refractivity contribution < 1.29 is 19.2 Å². The minimum Gasteiger partial charge on any atom is -0.494 e. The fourth-order valence-corrected chi connectivity index (χ4v) is 3.72. The second kappa shape index (κ2) is 9.58. The number of rotatable bonds is 8. The minimum atomic E-state index is -0.514. The molecule has 0 spiro atoms. The van der Waals surface area contributed by atoms with E-state index in [4.69, 9.17) is 4.74 Å². The second-order valence-corrected chi connectivity index (χ2v) is 7.79. The molecular weight excluding hydrogens is 434 g/mol. The number of non-ortho nitro benzene ring substituents is 1. The summed E-state index contributed by atoms with van der Waals surface area (Å²) < 4.78 is 5.68. The Bertz CT molecular complexity index is 1300. The third kappa shape index (κ3) is 4.38. The van der Waals surface area contributed by atoms with Gasteiger partial charge in [-0.15, -0.1) is 0 Å². The number of para-hydroxylation sites is 1. The molecule has 0 atom stereocenters. The average Bonchev–Trinajstić information content (AvgIpc) is 3.07. The largest absolute Gasteiger partial charge is 0.494 e. The van der Waals surface area contributed by atoms with Gasteiger partial charge in [-0.05, 0) is 54.8 Å². The van der Waals surface area contributed by atoms with Gasteiger partial charge in [-0.3, -0.25) is 19.7 Å². The van der Waals surface area contributed by atoms with E-state index in [0.29, 0.717) is 29.3 Å². The molecule has 0 saturated heterocycles. The highest BCUT2D eigenvalue weighted by atomic mass is 16.6. The first-order valence-corrected chi connectivity index (χ1v) is 10.8. The highest BCUT2D eigenvalue weighted by Gasteiger charge is 2.40. The van der Waals surface area contributed by atoms with Crippen molar-refractivity contribution in [3.63, 3.8) is 0 Å². The summed E-state index contributed by atoms with van der Waals surface area (Å²) in [5.74, 6) is -0.376.